The van der Waals surface area contributed by atoms with Crippen LogP contribution in [0.2, 0.25) is 0 Å². The molecule has 2 fully saturated rings. The highest BCUT2D eigenvalue weighted by atomic mass is 32.2. The number of anilines is 2. The molecule has 12 heteroatoms. The molecule has 1 amide bonds. The highest BCUT2D eigenvalue weighted by molar-refractivity contribution is 7.97. The van der Waals surface area contributed by atoms with Crippen LogP contribution in [0, 0.1) is 11.3 Å². The molecule has 1 aliphatic heterocycles. The zero-order valence-corrected chi connectivity index (χ0v) is 16.8. The second kappa shape index (κ2) is 7.19. The van der Waals surface area contributed by atoms with E-state index in [1.165, 1.54) is 6.07 Å². The van der Waals surface area contributed by atoms with Crippen molar-refractivity contribution >= 4 is 46.7 Å². The normalized spacial score (nSPS) is 18.0. The monoisotopic (exact) mass is 450 g/mol. The van der Waals surface area contributed by atoms with Gasteiger partial charge < -0.3 is 0 Å². The van der Waals surface area contributed by atoms with E-state index in [1.54, 1.807) is 23.1 Å². The first-order valence-electron chi connectivity index (χ1n) is 8.73. The number of carbonyl (C=O) groups is 1. The standard InChI is InChI=1S/C18H13F3N6OS2/c19-18(20,21)11-7-10(9-24-12(11)8-22)26-15(28)17(5-2-6-17)27(16(26)29)13-3-1-4-14(25-13)30-23/h1,3-4,7,9H,2,5-6,23H2. The van der Waals surface area contributed by atoms with Gasteiger partial charge in [-0.2, -0.15) is 18.4 Å². The Balaban J connectivity index is 1.82. The lowest BCUT2D eigenvalue weighted by Gasteiger charge is -2.42. The fourth-order valence-electron chi connectivity index (χ4n) is 3.64. The van der Waals surface area contributed by atoms with E-state index in [4.69, 9.17) is 22.6 Å². The Morgan fingerprint density at radius 3 is 2.63 bits per heavy atom. The van der Waals surface area contributed by atoms with Crippen LogP contribution >= 0.6 is 24.2 Å². The summed E-state index contributed by atoms with van der Waals surface area (Å²) in [6.45, 7) is 0. The van der Waals surface area contributed by atoms with Crippen LogP contribution in [0.5, 0.6) is 0 Å². The smallest absolute Gasteiger partial charge is 0.287 e. The molecule has 7 nitrogen and oxygen atoms in total. The zero-order chi connectivity index (χ0) is 21.7. The maximum absolute atomic E-state index is 13.4. The first-order chi connectivity index (χ1) is 14.2. The van der Waals surface area contributed by atoms with Crippen molar-refractivity contribution in [2.45, 2.75) is 36.0 Å². The van der Waals surface area contributed by atoms with Crippen molar-refractivity contribution in [2.24, 2.45) is 5.14 Å². The Labute approximate surface area is 178 Å². The van der Waals surface area contributed by atoms with Gasteiger partial charge in [-0.05, 0) is 61.6 Å². The van der Waals surface area contributed by atoms with Gasteiger partial charge in [-0.3, -0.25) is 19.7 Å². The van der Waals surface area contributed by atoms with E-state index in [0.717, 1.165) is 35.5 Å². The topological polar surface area (TPSA) is 99.1 Å². The van der Waals surface area contributed by atoms with Gasteiger partial charge >= 0.3 is 6.18 Å². The number of pyridine rings is 2. The minimum atomic E-state index is -4.81. The van der Waals surface area contributed by atoms with E-state index in [9.17, 15) is 18.0 Å². The van der Waals surface area contributed by atoms with Crippen LogP contribution in [0.4, 0.5) is 24.7 Å². The van der Waals surface area contributed by atoms with Crippen molar-refractivity contribution in [3.63, 3.8) is 0 Å². The molecule has 1 saturated carbocycles. The minimum absolute atomic E-state index is 0.00556. The van der Waals surface area contributed by atoms with Crippen molar-refractivity contribution < 1.29 is 18.0 Å². The molecule has 3 heterocycles. The maximum atomic E-state index is 13.4. The van der Waals surface area contributed by atoms with Gasteiger partial charge in [0.25, 0.3) is 5.91 Å². The van der Waals surface area contributed by atoms with Crippen molar-refractivity contribution in [3.8, 4) is 6.07 Å². The summed E-state index contributed by atoms with van der Waals surface area (Å²) in [5.74, 6) is -0.0466. The number of nitrogens with two attached hydrogens (primary N) is 1. The van der Waals surface area contributed by atoms with Gasteiger partial charge in [0, 0.05) is 0 Å². The van der Waals surface area contributed by atoms with E-state index in [-0.39, 0.29) is 10.8 Å². The molecule has 2 aromatic heterocycles. The molecule has 1 spiro atoms. The molecule has 0 aromatic carbocycles. The van der Waals surface area contributed by atoms with Gasteiger partial charge in [-0.15, -0.1) is 0 Å². The van der Waals surface area contributed by atoms with Gasteiger partial charge in [-0.25, -0.2) is 9.97 Å². The number of hydrogen-bond acceptors (Lipinski definition) is 7. The van der Waals surface area contributed by atoms with Crippen LogP contribution in [0.25, 0.3) is 0 Å². The van der Waals surface area contributed by atoms with Crippen LogP contribution in [0.15, 0.2) is 35.5 Å². The lowest BCUT2D eigenvalue weighted by molar-refractivity contribution is -0.138. The number of amides is 1. The second-order valence-electron chi connectivity index (χ2n) is 6.79. The molecule has 0 atom stereocenters. The molecular formula is C18H13F3N6OS2. The Hall–Kier alpha value is -2.75. The molecule has 0 bridgehead atoms. The van der Waals surface area contributed by atoms with Crippen molar-refractivity contribution in [1.29, 1.82) is 5.26 Å². The molecule has 30 heavy (non-hydrogen) atoms. The Morgan fingerprint density at radius 1 is 1.33 bits per heavy atom. The zero-order valence-electron chi connectivity index (χ0n) is 15.2. The van der Waals surface area contributed by atoms with Gasteiger partial charge in [0.05, 0.1) is 17.4 Å². The van der Waals surface area contributed by atoms with E-state index >= 15 is 0 Å². The van der Waals surface area contributed by atoms with Crippen molar-refractivity contribution in [1.82, 2.24) is 9.97 Å². The van der Waals surface area contributed by atoms with E-state index in [2.05, 4.69) is 9.97 Å². The third kappa shape index (κ3) is 3.01. The fourth-order valence-corrected chi connectivity index (χ4v) is 4.40. The summed E-state index contributed by atoms with van der Waals surface area (Å²) in [7, 11) is 0. The quantitative estimate of drug-likeness (QED) is 0.561. The molecule has 1 aliphatic carbocycles. The van der Waals surface area contributed by atoms with Crippen molar-refractivity contribution in [2.75, 3.05) is 9.80 Å². The summed E-state index contributed by atoms with van der Waals surface area (Å²) in [6, 6.07) is 7.23. The number of rotatable bonds is 3. The number of thiocarbonyl (C=S) groups is 1. The first-order valence-corrected chi connectivity index (χ1v) is 10.0. The Morgan fingerprint density at radius 2 is 2.07 bits per heavy atom. The Kier molecular flexibility index (Phi) is 4.92. The predicted molar refractivity (Wildman–Crippen MR) is 107 cm³/mol. The first kappa shape index (κ1) is 20.5. The molecule has 2 N–H and O–H groups in total. The predicted octanol–water partition coefficient (Wildman–Crippen LogP) is 3.39. The largest absolute Gasteiger partial charge is 0.419 e. The number of hydrogen-bond donors (Lipinski definition) is 1. The number of halogens is 3. The minimum Gasteiger partial charge on any atom is -0.287 e. The maximum Gasteiger partial charge on any atom is 0.419 e. The molecule has 2 aliphatic rings. The summed E-state index contributed by atoms with van der Waals surface area (Å²) in [5, 5.41) is 15.1. The average molecular weight is 450 g/mol. The second-order valence-corrected chi connectivity index (χ2v) is 7.81. The highest BCUT2D eigenvalue weighted by Gasteiger charge is 2.60. The van der Waals surface area contributed by atoms with Gasteiger partial charge in [-0.1, -0.05) is 6.07 Å². The average Bonchev–Trinajstić information content (AvgIpc) is 2.93. The number of alkyl halides is 3. The van der Waals surface area contributed by atoms with E-state index in [0.29, 0.717) is 23.7 Å². The van der Waals surface area contributed by atoms with Crippen molar-refractivity contribution in [3.05, 3.63) is 41.7 Å². The third-order valence-corrected chi connectivity index (χ3v) is 6.03. The summed E-state index contributed by atoms with van der Waals surface area (Å²) < 4.78 is 40.2. The molecular weight excluding hydrogens is 437 g/mol. The Bertz CT molecular complexity index is 1100. The van der Waals surface area contributed by atoms with Gasteiger partial charge in [0.15, 0.2) is 10.8 Å². The van der Waals surface area contributed by atoms with Crippen LogP contribution in [0.3, 0.4) is 0 Å². The van der Waals surface area contributed by atoms with Crippen LogP contribution in [-0.4, -0.2) is 26.5 Å². The lowest BCUT2D eigenvalue weighted by atomic mass is 9.75. The molecule has 0 unspecified atom stereocenters. The van der Waals surface area contributed by atoms with E-state index in [1.807, 2.05) is 0 Å². The lowest BCUT2D eigenvalue weighted by Crippen LogP contribution is -2.55. The number of aromatic nitrogens is 2. The number of nitriles is 1. The van der Waals surface area contributed by atoms with Gasteiger partial charge in [0.1, 0.15) is 22.5 Å². The molecule has 154 valence electrons. The molecule has 4 rings (SSSR count). The summed E-state index contributed by atoms with van der Waals surface area (Å²) in [6.07, 6.45) is -2.02. The summed E-state index contributed by atoms with van der Waals surface area (Å²) in [4.78, 5) is 24.0. The third-order valence-electron chi connectivity index (χ3n) is 5.19. The van der Waals surface area contributed by atoms with Crippen LogP contribution in [0.1, 0.15) is 30.5 Å². The summed E-state index contributed by atoms with van der Waals surface area (Å²) >= 11 is 6.44. The van der Waals surface area contributed by atoms with Gasteiger partial charge in [0.2, 0.25) is 0 Å². The van der Waals surface area contributed by atoms with Crippen LogP contribution in [-0.2, 0) is 11.0 Å². The molecule has 1 saturated heterocycles. The van der Waals surface area contributed by atoms with Crippen LogP contribution < -0.4 is 14.9 Å². The number of carbonyl (C=O) groups excluding carboxylic acids is 1. The molecule has 0 radical (unpaired) electrons. The SMILES string of the molecule is N#Cc1ncc(N2C(=O)C3(CCC3)N(c3cccc(SN)n3)C2=S)cc1C(F)(F)F. The fraction of sp³-hybridized carbons (Fsp3) is 0.278. The number of nitrogens with zero attached hydrogens (tertiary/aromatic N) is 5. The molecule has 2 aromatic rings. The summed E-state index contributed by atoms with van der Waals surface area (Å²) in [5.41, 5.74) is -3.14. The highest BCUT2D eigenvalue weighted by Crippen LogP contribution is 2.47. The van der Waals surface area contributed by atoms with E-state index < -0.39 is 28.9 Å².